The van der Waals surface area contributed by atoms with Crippen LogP contribution in [0.5, 0.6) is 11.8 Å². The monoisotopic (exact) mass is 577 g/mol. The molecule has 1 aromatic heterocycles. The lowest BCUT2D eigenvalue weighted by Gasteiger charge is -2.36. The first-order valence-corrected chi connectivity index (χ1v) is 13.9. The Bertz CT molecular complexity index is 1520. The zero-order valence-corrected chi connectivity index (χ0v) is 23.0. The van der Waals surface area contributed by atoms with E-state index in [9.17, 15) is 14.5 Å². The predicted molar refractivity (Wildman–Crippen MR) is 154 cm³/mol. The summed E-state index contributed by atoms with van der Waals surface area (Å²) in [6, 6.07) is 21.1. The minimum absolute atomic E-state index is 0.194. The summed E-state index contributed by atoms with van der Waals surface area (Å²) in [4.78, 5) is 18.9. The van der Waals surface area contributed by atoms with Crippen LogP contribution in [0.15, 0.2) is 72.9 Å². The molecule has 0 radical (unpaired) electrons. The minimum Gasteiger partial charge on any atom is -0.490 e. The second-order valence-corrected chi connectivity index (χ2v) is 10.7. The number of fused-ring (bicyclic) bond motifs is 1. The number of halogens is 2. The summed E-state index contributed by atoms with van der Waals surface area (Å²) in [6.45, 7) is 4.86. The number of anilines is 1. The molecule has 0 N–H and O–H groups in total. The molecule has 1 unspecified atom stereocenters. The molecule has 0 saturated carbocycles. The lowest BCUT2D eigenvalue weighted by molar-refractivity contribution is -0.389. The molecular weight excluding hydrogens is 549 g/mol. The Morgan fingerprint density at radius 1 is 1.00 bits per heavy atom. The largest absolute Gasteiger partial charge is 0.490 e. The minimum atomic E-state index is -0.524. The number of ether oxygens (including phenoxy) is 2. The first-order chi connectivity index (χ1) is 19.9. The number of piperazine rings is 1. The van der Waals surface area contributed by atoms with Crippen molar-refractivity contribution in [2.24, 2.45) is 0 Å². The van der Waals surface area contributed by atoms with Gasteiger partial charge in [-0.2, -0.15) is 0 Å². The molecule has 41 heavy (non-hydrogen) atoms. The fourth-order valence-corrected chi connectivity index (χ4v) is 5.31. The number of rotatable bonds is 8. The Kier molecular flexibility index (Phi) is 7.76. The SMILES string of the molecule is O=[N+]([O-])c1cn2c(n1)OC(COc1ccc(N3CCN(Cc4ccc(-c5ccc(Cl)cc5)cc4F)CC3)cc1)CC2. The zero-order chi connectivity index (χ0) is 28.3. The molecule has 212 valence electrons. The summed E-state index contributed by atoms with van der Waals surface area (Å²) < 4.78 is 28.3. The standard InChI is InChI=1S/C30H29ClFN5O4/c31-24-5-3-21(4-6-24)22-1-2-23(28(32)17-22)18-34-13-15-35(16-14-34)25-7-9-26(10-8-25)40-20-27-11-12-36-19-29(37(38)39)33-30(36)41-27/h1-10,17,19,27H,11-16,18,20H2. The van der Waals surface area contributed by atoms with Crippen LogP contribution in [-0.2, 0) is 13.1 Å². The highest BCUT2D eigenvalue weighted by Gasteiger charge is 2.28. The molecule has 9 nitrogen and oxygen atoms in total. The molecule has 0 bridgehead atoms. The molecule has 3 heterocycles. The van der Waals surface area contributed by atoms with Crippen LogP contribution in [0.25, 0.3) is 11.1 Å². The maximum atomic E-state index is 14.9. The van der Waals surface area contributed by atoms with Crippen LogP contribution in [0.2, 0.25) is 5.02 Å². The van der Waals surface area contributed by atoms with Gasteiger partial charge in [0.15, 0.2) is 0 Å². The summed E-state index contributed by atoms with van der Waals surface area (Å²) in [6.07, 6.45) is 1.85. The first kappa shape index (κ1) is 27.0. The van der Waals surface area contributed by atoms with E-state index in [4.69, 9.17) is 21.1 Å². The molecule has 0 aliphatic carbocycles. The summed E-state index contributed by atoms with van der Waals surface area (Å²) in [5.41, 5.74) is 3.58. The second kappa shape index (κ2) is 11.8. The van der Waals surface area contributed by atoms with Gasteiger partial charge in [-0.25, -0.2) is 4.39 Å². The van der Waals surface area contributed by atoms with E-state index in [1.807, 2.05) is 60.7 Å². The molecule has 2 aliphatic heterocycles. The molecule has 4 aromatic rings. The lowest BCUT2D eigenvalue weighted by atomic mass is 10.0. The van der Waals surface area contributed by atoms with Crippen molar-refractivity contribution in [1.29, 1.82) is 0 Å². The number of aryl methyl sites for hydroxylation is 1. The molecule has 0 spiro atoms. The average Bonchev–Trinajstić information content (AvgIpc) is 3.42. The Balaban J connectivity index is 0.974. The molecule has 3 aromatic carbocycles. The summed E-state index contributed by atoms with van der Waals surface area (Å²) in [5.74, 6) is 0.322. The third-order valence-corrected chi connectivity index (χ3v) is 7.76. The topological polar surface area (TPSA) is 85.9 Å². The number of aromatic nitrogens is 2. The van der Waals surface area contributed by atoms with Crippen molar-refractivity contribution in [2.75, 3.05) is 37.7 Å². The van der Waals surface area contributed by atoms with E-state index < -0.39 is 4.92 Å². The van der Waals surface area contributed by atoms with Crippen molar-refractivity contribution >= 4 is 23.1 Å². The van der Waals surface area contributed by atoms with Crippen LogP contribution in [0.3, 0.4) is 0 Å². The quantitative estimate of drug-likeness (QED) is 0.193. The normalized spacial score (nSPS) is 17.1. The Morgan fingerprint density at radius 2 is 1.73 bits per heavy atom. The van der Waals surface area contributed by atoms with Crippen LogP contribution >= 0.6 is 11.6 Å². The van der Waals surface area contributed by atoms with Gasteiger partial charge in [0.05, 0.1) is 0 Å². The highest BCUT2D eigenvalue weighted by atomic mass is 35.5. The number of hydrogen-bond acceptors (Lipinski definition) is 7. The van der Waals surface area contributed by atoms with E-state index in [1.54, 1.807) is 10.6 Å². The van der Waals surface area contributed by atoms with Crippen LogP contribution in [0.1, 0.15) is 12.0 Å². The van der Waals surface area contributed by atoms with Crippen LogP contribution in [-0.4, -0.2) is 58.3 Å². The Labute approximate surface area is 241 Å². The maximum absolute atomic E-state index is 14.9. The molecule has 0 amide bonds. The lowest BCUT2D eigenvalue weighted by Crippen LogP contribution is -2.46. The van der Waals surface area contributed by atoms with E-state index in [0.29, 0.717) is 36.7 Å². The van der Waals surface area contributed by atoms with Crippen LogP contribution in [0.4, 0.5) is 15.9 Å². The number of nitro groups is 1. The smallest absolute Gasteiger partial charge is 0.414 e. The molecule has 2 aliphatic rings. The van der Waals surface area contributed by atoms with Gasteiger partial charge in [0.1, 0.15) is 30.5 Å². The van der Waals surface area contributed by atoms with E-state index in [1.165, 1.54) is 6.20 Å². The zero-order valence-electron chi connectivity index (χ0n) is 22.3. The fourth-order valence-electron chi connectivity index (χ4n) is 5.18. The average molecular weight is 578 g/mol. The van der Waals surface area contributed by atoms with Gasteiger partial charge in [0.2, 0.25) is 0 Å². The first-order valence-electron chi connectivity index (χ1n) is 13.5. The van der Waals surface area contributed by atoms with E-state index in [-0.39, 0.29) is 23.7 Å². The fraction of sp³-hybridized carbons (Fsp3) is 0.300. The highest BCUT2D eigenvalue weighted by molar-refractivity contribution is 6.30. The van der Waals surface area contributed by atoms with Gasteiger partial charge in [-0.05, 0) is 58.5 Å². The van der Waals surface area contributed by atoms with Crippen molar-refractivity contribution in [1.82, 2.24) is 14.5 Å². The summed E-state index contributed by atoms with van der Waals surface area (Å²) >= 11 is 5.97. The number of hydrogen-bond donors (Lipinski definition) is 0. The molecule has 1 atom stereocenters. The van der Waals surface area contributed by atoms with Gasteiger partial charge in [0.25, 0.3) is 0 Å². The van der Waals surface area contributed by atoms with Gasteiger partial charge < -0.3 is 24.5 Å². The van der Waals surface area contributed by atoms with Gasteiger partial charge in [-0.3, -0.25) is 9.47 Å². The van der Waals surface area contributed by atoms with Gasteiger partial charge in [-0.1, -0.05) is 35.9 Å². The number of imidazole rings is 1. The van der Waals surface area contributed by atoms with Crippen molar-refractivity contribution in [3.63, 3.8) is 0 Å². The van der Waals surface area contributed by atoms with Crippen molar-refractivity contribution in [3.8, 4) is 22.9 Å². The predicted octanol–water partition coefficient (Wildman–Crippen LogP) is 5.80. The summed E-state index contributed by atoms with van der Waals surface area (Å²) in [5, 5.41) is 11.6. The number of nitrogens with zero attached hydrogens (tertiary/aromatic N) is 5. The van der Waals surface area contributed by atoms with E-state index in [0.717, 1.165) is 48.7 Å². The molecule has 11 heteroatoms. The van der Waals surface area contributed by atoms with E-state index >= 15 is 0 Å². The van der Waals surface area contributed by atoms with Gasteiger partial charge in [0, 0.05) is 66.9 Å². The summed E-state index contributed by atoms with van der Waals surface area (Å²) in [7, 11) is 0. The highest BCUT2D eigenvalue weighted by Crippen LogP contribution is 2.27. The van der Waals surface area contributed by atoms with Gasteiger partial charge in [-0.15, -0.1) is 0 Å². The molecule has 1 saturated heterocycles. The van der Waals surface area contributed by atoms with Crippen molar-refractivity contribution in [3.05, 3.63) is 99.4 Å². The maximum Gasteiger partial charge on any atom is 0.414 e. The molecular formula is C30H29ClFN5O4. The number of benzene rings is 3. The second-order valence-electron chi connectivity index (χ2n) is 10.2. The Morgan fingerprint density at radius 3 is 2.44 bits per heavy atom. The molecule has 1 fully saturated rings. The van der Waals surface area contributed by atoms with Gasteiger partial charge >= 0.3 is 11.8 Å². The Hall–Kier alpha value is -4.15. The third kappa shape index (κ3) is 6.28. The van der Waals surface area contributed by atoms with Crippen LogP contribution < -0.4 is 14.4 Å². The van der Waals surface area contributed by atoms with E-state index in [2.05, 4.69) is 14.8 Å². The molecule has 6 rings (SSSR count). The van der Waals surface area contributed by atoms with Crippen molar-refractivity contribution in [2.45, 2.75) is 25.6 Å². The third-order valence-electron chi connectivity index (χ3n) is 7.51. The van der Waals surface area contributed by atoms with Crippen LogP contribution in [0, 0.1) is 15.9 Å². The van der Waals surface area contributed by atoms with Crippen molar-refractivity contribution < 1.29 is 18.8 Å².